The van der Waals surface area contributed by atoms with Gasteiger partial charge in [0.1, 0.15) is 17.4 Å². The molecule has 1 aromatic heterocycles. The highest BCUT2D eigenvalue weighted by Crippen LogP contribution is 2.34. The number of nitrogens with zero attached hydrogens (tertiary/aromatic N) is 4. The predicted octanol–water partition coefficient (Wildman–Crippen LogP) is 2.84. The minimum atomic E-state index is -0.0332. The summed E-state index contributed by atoms with van der Waals surface area (Å²) < 4.78 is 21.7. The number of rotatable bonds is 5. The van der Waals surface area contributed by atoms with Crippen molar-refractivity contribution in [2.45, 2.75) is 19.4 Å². The zero-order valence-corrected chi connectivity index (χ0v) is 20.2. The molecule has 0 aliphatic carbocycles. The van der Waals surface area contributed by atoms with Crippen LogP contribution >= 0.6 is 0 Å². The van der Waals surface area contributed by atoms with Gasteiger partial charge in [0, 0.05) is 43.6 Å². The van der Waals surface area contributed by atoms with Crippen molar-refractivity contribution in [3.8, 4) is 17.2 Å². The molecule has 1 amide bonds. The minimum absolute atomic E-state index is 0.0332. The molecule has 1 saturated heterocycles. The highest BCUT2D eigenvalue weighted by Gasteiger charge is 2.29. The second-order valence-electron chi connectivity index (χ2n) is 9.06. The van der Waals surface area contributed by atoms with Crippen LogP contribution in [0.3, 0.4) is 0 Å². The van der Waals surface area contributed by atoms with Crippen molar-refractivity contribution in [1.82, 2.24) is 14.9 Å². The van der Waals surface area contributed by atoms with Crippen LogP contribution in [0.1, 0.15) is 33.0 Å². The van der Waals surface area contributed by atoms with Crippen molar-refractivity contribution in [3.63, 3.8) is 0 Å². The number of fused-ring (bicyclic) bond motifs is 2. The normalized spacial score (nSPS) is 16.6. The number of anilines is 1. The summed E-state index contributed by atoms with van der Waals surface area (Å²) in [4.78, 5) is 27.5. The first kappa shape index (κ1) is 22.6. The first-order valence-corrected chi connectivity index (χ1v) is 12.2. The maximum Gasteiger partial charge on any atom is 0.254 e. The number of aromatic nitrogens is 2. The van der Waals surface area contributed by atoms with E-state index < -0.39 is 0 Å². The Balaban J connectivity index is 1.29. The van der Waals surface area contributed by atoms with Crippen LogP contribution in [0.5, 0.6) is 17.2 Å². The van der Waals surface area contributed by atoms with Crippen LogP contribution in [0.25, 0.3) is 0 Å². The third-order valence-electron chi connectivity index (χ3n) is 6.82. The molecule has 0 spiro atoms. The summed E-state index contributed by atoms with van der Waals surface area (Å²) in [5.74, 6) is 3.77. The molecule has 36 heavy (non-hydrogen) atoms. The number of morpholine rings is 1. The lowest BCUT2D eigenvalue weighted by Gasteiger charge is -2.34. The molecule has 1 fully saturated rings. The van der Waals surface area contributed by atoms with Crippen molar-refractivity contribution in [1.29, 1.82) is 0 Å². The summed E-state index contributed by atoms with van der Waals surface area (Å²) in [5, 5.41) is 0. The number of benzene rings is 2. The fourth-order valence-electron chi connectivity index (χ4n) is 4.87. The SMILES string of the molecule is COc1ccc(Cc2nc3c(c(N4CCOCC4)n2)CN(C(=O)c2ccc4c(c2)OCO4)CC3)cc1. The van der Waals surface area contributed by atoms with Crippen LogP contribution in [0.4, 0.5) is 5.82 Å². The van der Waals surface area contributed by atoms with Gasteiger partial charge in [0.2, 0.25) is 6.79 Å². The Morgan fingerprint density at radius 2 is 1.81 bits per heavy atom. The number of carbonyl (C=O) groups excluding carboxylic acids is 1. The van der Waals surface area contributed by atoms with E-state index in [-0.39, 0.29) is 12.7 Å². The Hall–Kier alpha value is -3.85. The van der Waals surface area contributed by atoms with Gasteiger partial charge in [-0.2, -0.15) is 0 Å². The quantitative estimate of drug-likeness (QED) is 0.542. The molecule has 0 bridgehead atoms. The van der Waals surface area contributed by atoms with Gasteiger partial charge in [0.15, 0.2) is 11.5 Å². The van der Waals surface area contributed by atoms with Crippen molar-refractivity contribution >= 4 is 11.7 Å². The van der Waals surface area contributed by atoms with Crippen molar-refractivity contribution in [2.75, 3.05) is 51.7 Å². The third-order valence-corrected chi connectivity index (χ3v) is 6.82. The number of methoxy groups -OCH3 is 1. The summed E-state index contributed by atoms with van der Waals surface area (Å²) in [6.07, 6.45) is 1.32. The lowest BCUT2D eigenvalue weighted by atomic mass is 10.0. The molecule has 3 aromatic rings. The van der Waals surface area contributed by atoms with Crippen molar-refractivity contribution < 1.29 is 23.7 Å². The number of ether oxygens (including phenoxy) is 4. The van der Waals surface area contributed by atoms with Gasteiger partial charge in [-0.05, 0) is 35.9 Å². The van der Waals surface area contributed by atoms with Crippen molar-refractivity contribution in [3.05, 3.63) is 70.7 Å². The minimum Gasteiger partial charge on any atom is -0.497 e. The molecule has 0 N–H and O–H groups in total. The van der Waals surface area contributed by atoms with Gasteiger partial charge in [0.25, 0.3) is 5.91 Å². The standard InChI is InChI=1S/C27H28N4O5/c1-33-20-5-2-18(3-6-20)14-25-28-22-8-9-31(16-21(22)26(29-25)30-10-12-34-13-11-30)27(32)19-4-7-23-24(15-19)36-17-35-23/h2-7,15H,8-14,16-17H2,1H3. The fraction of sp³-hybridized carbons (Fsp3) is 0.370. The molecule has 9 heteroatoms. The lowest BCUT2D eigenvalue weighted by Crippen LogP contribution is -2.41. The monoisotopic (exact) mass is 488 g/mol. The number of carbonyl (C=O) groups is 1. The van der Waals surface area contributed by atoms with Gasteiger partial charge < -0.3 is 28.7 Å². The van der Waals surface area contributed by atoms with Crippen LogP contribution < -0.4 is 19.1 Å². The molecule has 0 radical (unpaired) electrons. The van der Waals surface area contributed by atoms with Crippen LogP contribution in [-0.2, 0) is 24.1 Å². The number of hydrogen-bond acceptors (Lipinski definition) is 8. The zero-order chi connectivity index (χ0) is 24.5. The molecule has 0 unspecified atom stereocenters. The topological polar surface area (TPSA) is 86.3 Å². The van der Waals surface area contributed by atoms with Crippen LogP contribution in [0.2, 0.25) is 0 Å². The molecule has 186 valence electrons. The Morgan fingerprint density at radius 1 is 1.00 bits per heavy atom. The summed E-state index contributed by atoms with van der Waals surface area (Å²) in [6.45, 7) is 4.10. The summed E-state index contributed by atoms with van der Waals surface area (Å²) in [7, 11) is 1.66. The predicted molar refractivity (Wildman–Crippen MR) is 132 cm³/mol. The van der Waals surface area contributed by atoms with Gasteiger partial charge in [-0.15, -0.1) is 0 Å². The molecule has 4 heterocycles. The summed E-state index contributed by atoms with van der Waals surface area (Å²) in [5.41, 5.74) is 3.76. The van der Waals surface area contributed by atoms with E-state index in [1.165, 1.54) is 0 Å². The molecular formula is C27H28N4O5. The smallest absolute Gasteiger partial charge is 0.254 e. The van der Waals surface area contributed by atoms with Crippen LogP contribution in [0, 0.1) is 0 Å². The number of hydrogen-bond donors (Lipinski definition) is 0. The third kappa shape index (κ3) is 4.42. The Labute approximate surface area is 209 Å². The van der Waals surface area contributed by atoms with Crippen LogP contribution in [-0.4, -0.2) is 67.5 Å². The molecule has 9 nitrogen and oxygen atoms in total. The van der Waals surface area contributed by atoms with E-state index in [0.29, 0.717) is 56.2 Å². The fourth-order valence-corrected chi connectivity index (χ4v) is 4.87. The summed E-state index contributed by atoms with van der Waals surface area (Å²) >= 11 is 0. The first-order valence-electron chi connectivity index (χ1n) is 12.2. The van der Waals surface area contributed by atoms with Crippen LogP contribution in [0.15, 0.2) is 42.5 Å². The van der Waals surface area contributed by atoms with Gasteiger partial charge in [-0.1, -0.05) is 12.1 Å². The van der Waals surface area contributed by atoms with Gasteiger partial charge in [-0.3, -0.25) is 4.79 Å². The molecule has 0 atom stereocenters. The average molecular weight is 489 g/mol. The maximum absolute atomic E-state index is 13.4. The Bertz CT molecular complexity index is 1270. The Morgan fingerprint density at radius 3 is 2.61 bits per heavy atom. The van der Waals surface area contributed by atoms with E-state index >= 15 is 0 Å². The molecule has 0 saturated carbocycles. The van der Waals surface area contributed by atoms with Gasteiger partial charge >= 0.3 is 0 Å². The largest absolute Gasteiger partial charge is 0.497 e. The molecule has 6 rings (SSSR count). The van der Waals surface area contributed by atoms with Crippen molar-refractivity contribution in [2.24, 2.45) is 0 Å². The average Bonchev–Trinajstić information content (AvgIpc) is 3.41. The molecule has 2 aromatic carbocycles. The first-order chi connectivity index (χ1) is 17.7. The Kier molecular flexibility index (Phi) is 6.06. The highest BCUT2D eigenvalue weighted by atomic mass is 16.7. The number of amides is 1. The summed E-state index contributed by atoms with van der Waals surface area (Å²) in [6, 6.07) is 13.3. The zero-order valence-electron chi connectivity index (χ0n) is 20.2. The van der Waals surface area contributed by atoms with E-state index in [4.69, 9.17) is 28.9 Å². The second kappa shape index (κ2) is 9.66. The van der Waals surface area contributed by atoms with E-state index in [0.717, 1.165) is 47.3 Å². The molecule has 3 aliphatic heterocycles. The maximum atomic E-state index is 13.4. The van der Waals surface area contributed by atoms with E-state index in [1.807, 2.05) is 29.2 Å². The molecular weight excluding hydrogens is 460 g/mol. The second-order valence-corrected chi connectivity index (χ2v) is 9.06. The van der Waals surface area contributed by atoms with E-state index in [9.17, 15) is 4.79 Å². The lowest BCUT2D eigenvalue weighted by molar-refractivity contribution is 0.0732. The van der Waals surface area contributed by atoms with E-state index in [1.54, 1.807) is 25.3 Å². The van der Waals surface area contributed by atoms with Gasteiger partial charge in [0.05, 0.1) is 32.6 Å². The molecule has 3 aliphatic rings. The highest BCUT2D eigenvalue weighted by molar-refractivity contribution is 5.95. The van der Waals surface area contributed by atoms with E-state index in [2.05, 4.69) is 4.90 Å². The van der Waals surface area contributed by atoms with Gasteiger partial charge in [-0.25, -0.2) is 9.97 Å².